The van der Waals surface area contributed by atoms with Gasteiger partial charge in [-0.1, -0.05) is 12.2 Å². The molecule has 3 fully saturated rings. The first kappa shape index (κ1) is 19.3. The van der Waals surface area contributed by atoms with Gasteiger partial charge in [0.25, 0.3) is 0 Å². The van der Waals surface area contributed by atoms with E-state index in [4.69, 9.17) is 9.47 Å². The molecule has 0 radical (unpaired) electrons. The second-order valence-corrected chi connectivity index (χ2v) is 9.10. The van der Waals surface area contributed by atoms with E-state index in [1.807, 2.05) is 0 Å². The van der Waals surface area contributed by atoms with Crippen molar-refractivity contribution in [3.63, 3.8) is 0 Å². The molecule has 6 atom stereocenters. The summed E-state index contributed by atoms with van der Waals surface area (Å²) in [6.45, 7) is -0.102. The van der Waals surface area contributed by atoms with Crippen molar-refractivity contribution >= 4 is 23.3 Å². The molecular formula is C26H23NO5. The Balaban J connectivity index is 1.14. The third kappa shape index (κ3) is 2.82. The van der Waals surface area contributed by atoms with E-state index in [1.54, 1.807) is 55.6 Å². The minimum absolute atomic E-state index is 0.0759. The molecule has 6 nitrogen and oxygen atoms in total. The van der Waals surface area contributed by atoms with Gasteiger partial charge in [-0.3, -0.25) is 19.3 Å². The summed E-state index contributed by atoms with van der Waals surface area (Å²) in [5.74, 6) is 2.07. The van der Waals surface area contributed by atoms with Crippen LogP contribution in [0.3, 0.4) is 0 Å². The maximum atomic E-state index is 13.2. The van der Waals surface area contributed by atoms with Gasteiger partial charge in [0.15, 0.2) is 12.4 Å². The Kier molecular flexibility index (Phi) is 4.25. The first-order chi connectivity index (χ1) is 15.6. The van der Waals surface area contributed by atoms with Crippen molar-refractivity contribution in [1.82, 2.24) is 0 Å². The van der Waals surface area contributed by atoms with Crippen LogP contribution in [0.1, 0.15) is 16.8 Å². The van der Waals surface area contributed by atoms with E-state index < -0.39 is 0 Å². The van der Waals surface area contributed by atoms with Crippen molar-refractivity contribution in [2.45, 2.75) is 6.42 Å². The van der Waals surface area contributed by atoms with Gasteiger partial charge in [0.05, 0.1) is 24.6 Å². The molecule has 0 aromatic heterocycles. The van der Waals surface area contributed by atoms with Gasteiger partial charge in [0.2, 0.25) is 11.8 Å². The second-order valence-electron chi connectivity index (χ2n) is 9.10. The number of rotatable bonds is 6. The summed E-state index contributed by atoms with van der Waals surface area (Å²) < 4.78 is 10.7. The number of carbonyl (C=O) groups excluding carboxylic acids is 3. The molecular weight excluding hydrogens is 406 g/mol. The second kappa shape index (κ2) is 7.05. The quantitative estimate of drug-likeness (QED) is 0.399. The number of benzene rings is 2. The lowest BCUT2D eigenvalue weighted by atomic mass is 9.63. The highest BCUT2D eigenvalue weighted by atomic mass is 16.5. The fourth-order valence-electron chi connectivity index (χ4n) is 5.91. The molecule has 2 bridgehead atoms. The Morgan fingerprint density at radius 3 is 2.00 bits per heavy atom. The lowest BCUT2D eigenvalue weighted by Gasteiger charge is -2.37. The van der Waals surface area contributed by atoms with Crippen LogP contribution in [0.4, 0.5) is 5.69 Å². The lowest BCUT2D eigenvalue weighted by molar-refractivity contribution is -0.124. The monoisotopic (exact) mass is 429 g/mol. The number of amides is 2. The number of ether oxygens (including phenoxy) is 2. The Hall–Kier alpha value is -3.41. The Labute approximate surface area is 185 Å². The summed E-state index contributed by atoms with van der Waals surface area (Å²) in [5, 5.41) is 0. The number of allylic oxidation sites excluding steroid dienone is 2. The van der Waals surface area contributed by atoms with Gasteiger partial charge in [-0.2, -0.15) is 0 Å². The van der Waals surface area contributed by atoms with Crippen LogP contribution in [0.15, 0.2) is 60.7 Å². The van der Waals surface area contributed by atoms with Crippen molar-refractivity contribution in [3.05, 3.63) is 66.2 Å². The highest BCUT2D eigenvalue weighted by molar-refractivity contribution is 6.22. The molecule has 1 saturated heterocycles. The zero-order chi connectivity index (χ0) is 22.0. The summed E-state index contributed by atoms with van der Waals surface area (Å²) in [7, 11) is 1.57. The number of Topliss-reactive ketones (excluding diaryl/α,β-unsaturated/α-hetero) is 1. The number of carbonyl (C=O) groups is 3. The maximum Gasteiger partial charge on any atom is 0.238 e. The normalized spacial score (nSPS) is 31.3. The largest absolute Gasteiger partial charge is 0.497 e. The van der Waals surface area contributed by atoms with Gasteiger partial charge in [0, 0.05) is 5.56 Å². The molecule has 2 amide bonds. The summed E-state index contributed by atoms with van der Waals surface area (Å²) in [5.41, 5.74) is 1.11. The molecule has 6 heteroatoms. The zero-order valence-electron chi connectivity index (χ0n) is 17.6. The Morgan fingerprint density at radius 1 is 0.875 bits per heavy atom. The predicted octanol–water partition coefficient (Wildman–Crippen LogP) is 3.51. The number of ketones is 1. The average molecular weight is 429 g/mol. The lowest BCUT2D eigenvalue weighted by Crippen LogP contribution is -2.40. The third-order valence-electron chi connectivity index (χ3n) is 7.54. The Bertz CT molecular complexity index is 1100. The van der Waals surface area contributed by atoms with Gasteiger partial charge in [-0.15, -0.1) is 0 Å². The molecule has 1 aliphatic heterocycles. The molecule has 7 rings (SSSR count). The van der Waals surface area contributed by atoms with Crippen LogP contribution in [-0.4, -0.2) is 31.3 Å². The van der Waals surface area contributed by atoms with Crippen LogP contribution in [0.2, 0.25) is 0 Å². The molecule has 0 spiro atoms. The van der Waals surface area contributed by atoms with E-state index in [1.165, 1.54) is 4.90 Å². The van der Waals surface area contributed by atoms with E-state index in [-0.39, 0.29) is 47.9 Å². The first-order valence-electron chi connectivity index (χ1n) is 11.0. The Morgan fingerprint density at radius 2 is 1.44 bits per heavy atom. The molecule has 5 aliphatic rings. The zero-order valence-corrected chi connectivity index (χ0v) is 17.6. The number of imide groups is 1. The number of anilines is 1. The van der Waals surface area contributed by atoms with Gasteiger partial charge < -0.3 is 9.47 Å². The molecule has 4 aliphatic carbocycles. The smallest absolute Gasteiger partial charge is 0.238 e. The molecule has 1 heterocycles. The topological polar surface area (TPSA) is 72.9 Å². The van der Waals surface area contributed by atoms with E-state index in [2.05, 4.69) is 12.2 Å². The average Bonchev–Trinajstić information content (AvgIpc) is 3.61. The number of hydrogen-bond donors (Lipinski definition) is 0. The van der Waals surface area contributed by atoms with Crippen LogP contribution in [0.5, 0.6) is 11.5 Å². The summed E-state index contributed by atoms with van der Waals surface area (Å²) >= 11 is 0. The van der Waals surface area contributed by atoms with Crippen molar-refractivity contribution in [3.8, 4) is 11.5 Å². The van der Waals surface area contributed by atoms with E-state index >= 15 is 0 Å². The molecule has 3 unspecified atom stereocenters. The van der Waals surface area contributed by atoms with Crippen molar-refractivity contribution < 1.29 is 23.9 Å². The highest BCUT2D eigenvalue weighted by Gasteiger charge is 2.67. The molecule has 2 saturated carbocycles. The summed E-state index contributed by atoms with van der Waals surface area (Å²) in [4.78, 5) is 40.1. The predicted molar refractivity (Wildman–Crippen MR) is 116 cm³/mol. The highest BCUT2D eigenvalue weighted by Crippen LogP contribution is 2.65. The van der Waals surface area contributed by atoms with Crippen molar-refractivity contribution in [2.75, 3.05) is 18.6 Å². The molecule has 2 aromatic rings. The van der Waals surface area contributed by atoms with Crippen LogP contribution >= 0.6 is 0 Å². The maximum absolute atomic E-state index is 13.2. The fraction of sp³-hybridized carbons (Fsp3) is 0.346. The number of methoxy groups -OCH3 is 1. The third-order valence-corrected chi connectivity index (χ3v) is 7.54. The van der Waals surface area contributed by atoms with Crippen LogP contribution in [0, 0.1) is 35.5 Å². The summed E-state index contributed by atoms with van der Waals surface area (Å²) in [6, 6.07) is 13.7. The first-order valence-corrected chi connectivity index (χ1v) is 11.0. The molecule has 2 aromatic carbocycles. The van der Waals surface area contributed by atoms with Crippen LogP contribution in [0.25, 0.3) is 0 Å². The van der Waals surface area contributed by atoms with Gasteiger partial charge >= 0.3 is 0 Å². The van der Waals surface area contributed by atoms with Gasteiger partial charge in [-0.05, 0) is 78.6 Å². The SMILES string of the molecule is COc1ccc(C(=O)COc2ccc(N3C(=O)C4C(C3=O)[C@H]3C=C[C@@H]4C4C[C@@H]43)cc2)cc1. The van der Waals surface area contributed by atoms with E-state index in [9.17, 15) is 14.4 Å². The van der Waals surface area contributed by atoms with Crippen LogP contribution < -0.4 is 14.4 Å². The molecule has 32 heavy (non-hydrogen) atoms. The van der Waals surface area contributed by atoms with Crippen LogP contribution in [-0.2, 0) is 9.59 Å². The van der Waals surface area contributed by atoms with E-state index in [0.29, 0.717) is 34.6 Å². The molecule has 0 N–H and O–H groups in total. The van der Waals surface area contributed by atoms with Crippen molar-refractivity contribution in [2.24, 2.45) is 35.5 Å². The minimum atomic E-state index is -0.209. The van der Waals surface area contributed by atoms with Gasteiger partial charge in [-0.25, -0.2) is 0 Å². The minimum Gasteiger partial charge on any atom is -0.497 e. The van der Waals surface area contributed by atoms with E-state index in [0.717, 1.165) is 6.42 Å². The summed E-state index contributed by atoms with van der Waals surface area (Å²) in [6.07, 6.45) is 5.49. The fourth-order valence-corrected chi connectivity index (χ4v) is 5.91. The van der Waals surface area contributed by atoms with Crippen molar-refractivity contribution in [1.29, 1.82) is 0 Å². The van der Waals surface area contributed by atoms with Gasteiger partial charge in [0.1, 0.15) is 11.5 Å². The molecule has 162 valence electrons. The standard InChI is InChI=1S/C26H23NO5/c1-31-16-6-2-14(3-7-16)22(28)13-32-17-8-4-15(5-9-17)27-25(29)23-18-10-11-19(21-12-20(18)21)24(23)26(27)30/h2-11,18-21,23-24H,12-13H2,1H3/t18-,19+,20+,21?,23?,24?/m0/s1. The number of hydrogen-bond acceptors (Lipinski definition) is 5. The number of nitrogens with zero attached hydrogens (tertiary/aromatic N) is 1.